The Kier molecular flexibility index (Phi) is 5.16. The molecule has 0 fully saturated rings. The van der Waals surface area contributed by atoms with Crippen molar-refractivity contribution in [3.63, 3.8) is 0 Å². The Hall–Kier alpha value is -2.33. The second kappa shape index (κ2) is 7.49. The van der Waals surface area contributed by atoms with Gasteiger partial charge in [0.05, 0.1) is 13.7 Å². The molecule has 0 saturated heterocycles. The second-order valence-corrected chi connectivity index (χ2v) is 6.58. The molecule has 0 saturated carbocycles. The van der Waals surface area contributed by atoms with Crippen LogP contribution in [-0.2, 0) is 11.3 Å². The van der Waals surface area contributed by atoms with Crippen LogP contribution in [0, 0.1) is 0 Å². The predicted octanol–water partition coefficient (Wildman–Crippen LogP) is 4.84. The van der Waals surface area contributed by atoms with E-state index in [-0.39, 0.29) is 5.91 Å². The SMILES string of the molecule is COc1ccc(CN(C(=O)C2=CC=C(Br)C2)c2ccccc2)cc1. The largest absolute Gasteiger partial charge is 0.497 e. The van der Waals surface area contributed by atoms with Gasteiger partial charge in [-0.3, -0.25) is 4.79 Å². The third kappa shape index (κ3) is 3.77. The van der Waals surface area contributed by atoms with E-state index in [2.05, 4.69) is 15.9 Å². The number of halogens is 1. The van der Waals surface area contributed by atoms with E-state index in [9.17, 15) is 4.79 Å². The van der Waals surface area contributed by atoms with Crippen LogP contribution in [0.25, 0.3) is 0 Å². The van der Waals surface area contributed by atoms with Crippen molar-refractivity contribution in [2.45, 2.75) is 13.0 Å². The lowest BCUT2D eigenvalue weighted by molar-refractivity contribution is -0.115. The number of hydrogen-bond donors (Lipinski definition) is 0. The van der Waals surface area contributed by atoms with Crippen molar-refractivity contribution in [1.29, 1.82) is 0 Å². The maximum Gasteiger partial charge on any atom is 0.254 e. The summed E-state index contributed by atoms with van der Waals surface area (Å²) in [5.41, 5.74) is 2.74. The van der Waals surface area contributed by atoms with Crippen LogP contribution in [0.15, 0.2) is 76.8 Å². The summed E-state index contributed by atoms with van der Waals surface area (Å²) in [6.07, 6.45) is 4.46. The van der Waals surface area contributed by atoms with Crippen LogP contribution in [-0.4, -0.2) is 13.0 Å². The van der Waals surface area contributed by atoms with Crippen LogP contribution < -0.4 is 9.64 Å². The summed E-state index contributed by atoms with van der Waals surface area (Å²) in [7, 11) is 1.65. The van der Waals surface area contributed by atoms with E-state index in [1.165, 1.54) is 0 Å². The molecule has 2 aromatic carbocycles. The Morgan fingerprint density at radius 2 is 1.79 bits per heavy atom. The minimum Gasteiger partial charge on any atom is -0.497 e. The topological polar surface area (TPSA) is 29.5 Å². The molecule has 24 heavy (non-hydrogen) atoms. The standard InChI is InChI=1S/C20H18BrNO2/c1-24-19-11-7-15(8-12-19)14-22(18-5-3-2-4-6-18)20(23)16-9-10-17(21)13-16/h2-12H,13-14H2,1H3. The smallest absolute Gasteiger partial charge is 0.254 e. The van der Waals surface area contributed by atoms with E-state index in [1.807, 2.05) is 71.6 Å². The van der Waals surface area contributed by atoms with E-state index in [1.54, 1.807) is 7.11 Å². The van der Waals surface area contributed by atoms with Crippen LogP contribution in [0.1, 0.15) is 12.0 Å². The van der Waals surface area contributed by atoms with E-state index < -0.39 is 0 Å². The number of nitrogens with zero attached hydrogens (tertiary/aromatic N) is 1. The molecule has 0 bridgehead atoms. The molecule has 0 atom stereocenters. The summed E-state index contributed by atoms with van der Waals surface area (Å²) < 4.78 is 6.23. The van der Waals surface area contributed by atoms with Gasteiger partial charge >= 0.3 is 0 Å². The minimum absolute atomic E-state index is 0.0303. The number of anilines is 1. The summed E-state index contributed by atoms with van der Waals surface area (Å²) in [4.78, 5) is 14.8. The number of carbonyl (C=O) groups is 1. The number of amides is 1. The molecule has 3 rings (SSSR count). The fourth-order valence-corrected chi connectivity index (χ4v) is 3.05. The normalized spacial score (nSPS) is 13.2. The molecule has 0 spiro atoms. The molecule has 2 aromatic rings. The van der Waals surface area contributed by atoms with Crippen molar-refractivity contribution in [3.8, 4) is 5.75 Å². The lowest BCUT2D eigenvalue weighted by Gasteiger charge is -2.24. The van der Waals surface area contributed by atoms with Gasteiger partial charge in [0.1, 0.15) is 5.75 Å². The molecule has 0 unspecified atom stereocenters. The molecular formula is C20H18BrNO2. The molecular weight excluding hydrogens is 366 g/mol. The lowest BCUT2D eigenvalue weighted by Crippen LogP contribution is -2.31. The summed E-state index contributed by atoms with van der Waals surface area (Å²) in [6.45, 7) is 0.516. The lowest BCUT2D eigenvalue weighted by atomic mass is 10.1. The highest BCUT2D eigenvalue weighted by Gasteiger charge is 2.22. The van der Waals surface area contributed by atoms with Gasteiger partial charge in [0, 0.05) is 17.7 Å². The van der Waals surface area contributed by atoms with Crippen molar-refractivity contribution in [2.24, 2.45) is 0 Å². The molecule has 0 heterocycles. The van der Waals surface area contributed by atoms with Gasteiger partial charge in [-0.05, 0) is 34.3 Å². The molecule has 1 aliphatic rings. The maximum absolute atomic E-state index is 13.0. The zero-order valence-corrected chi connectivity index (χ0v) is 15.0. The number of para-hydroxylation sites is 1. The average Bonchev–Trinajstić information content (AvgIpc) is 3.07. The van der Waals surface area contributed by atoms with Crippen LogP contribution in [0.3, 0.4) is 0 Å². The third-order valence-corrected chi connectivity index (χ3v) is 4.46. The van der Waals surface area contributed by atoms with Gasteiger partial charge in [0.15, 0.2) is 0 Å². The van der Waals surface area contributed by atoms with Gasteiger partial charge < -0.3 is 9.64 Å². The van der Waals surface area contributed by atoms with Crippen LogP contribution in [0.5, 0.6) is 5.75 Å². The van der Waals surface area contributed by atoms with E-state index in [0.29, 0.717) is 13.0 Å². The van der Waals surface area contributed by atoms with Gasteiger partial charge in [-0.1, -0.05) is 58.4 Å². The van der Waals surface area contributed by atoms with Crippen molar-refractivity contribution in [1.82, 2.24) is 0 Å². The quantitative estimate of drug-likeness (QED) is 0.739. The first-order valence-corrected chi connectivity index (χ1v) is 8.52. The second-order valence-electron chi connectivity index (χ2n) is 5.56. The molecule has 0 radical (unpaired) electrons. The van der Waals surface area contributed by atoms with Gasteiger partial charge in [-0.2, -0.15) is 0 Å². The fourth-order valence-electron chi connectivity index (χ4n) is 2.61. The van der Waals surface area contributed by atoms with E-state index in [4.69, 9.17) is 4.74 Å². The van der Waals surface area contributed by atoms with Crippen LogP contribution in [0.4, 0.5) is 5.69 Å². The van der Waals surface area contributed by atoms with Crippen molar-refractivity contribution < 1.29 is 9.53 Å². The third-order valence-electron chi connectivity index (χ3n) is 3.91. The maximum atomic E-state index is 13.0. The Morgan fingerprint density at radius 1 is 1.08 bits per heavy atom. The van der Waals surface area contributed by atoms with Crippen LogP contribution >= 0.6 is 15.9 Å². The molecule has 1 aliphatic carbocycles. The van der Waals surface area contributed by atoms with Gasteiger partial charge in [-0.25, -0.2) is 0 Å². The predicted molar refractivity (Wildman–Crippen MR) is 100 cm³/mol. The zero-order valence-electron chi connectivity index (χ0n) is 13.4. The van der Waals surface area contributed by atoms with Crippen molar-refractivity contribution in [3.05, 3.63) is 82.4 Å². The molecule has 4 heteroatoms. The number of ether oxygens (including phenoxy) is 1. The number of rotatable bonds is 5. The first kappa shape index (κ1) is 16.5. The van der Waals surface area contributed by atoms with Gasteiger partial charge in [-0.15, -0.1) is 0 Å². The highest BCUT2D eigenvalue weighted by atomic mass is 79.9. The Morgan fingerprint density at radius 3 is 2.38 bits per heavy atom. The van der Waals surface area contributed by atoms with Crippen molar-refractivity contribution in [2.75, 3.05) is 12.0 Å². The van der Waals surface area contributed by atoms with E-state index in [0.717, 1.165) is 27.1 Å². The highest BCUT2D eigenvalue weighted by Crippen LogP contribution is 2.28. The van der Waals surface area contributed by atoms with E-state index >= 15 is 0 Å². The number of benzene rings is 2. The first-order valence-electron chi connectivity index (χ1n) is 7.72. The number of methoxy groups -OCH3 is 1. The van der Waals surface area contributed by atoms with Gasteiger partial charge in [0.2, 0.25) is 0 Å². The molecule has 0 N–H and O–H groups in total. The zero-order chi connectivity index (χ0) is 16.9. The average molecular weight is 384 g/mol. The molecule has 3 nitrogen and oxygen atoms in total. The summed E-state index contributed by atoms with van der Waals surface area (Å²) in [6, 6.07) is 17.6. The minimum atomic E-state index is 0.0303. The number of allylic oxidation sites excluding steroid dienone is 3. The number of carbonyl (C=O) groups excluding carboxylic acids is 1. The van der Waals surface area contributed by atoms with Crippen LogP contribution in [0.2, 0.25) is 0 Å². The van der Waals surface area contributed by atoms with Gasteiger partial charge in [0.25, 0.3) is 5.91 Å². The summed E-state index contributed by atoms with van der Waals surface area (Å²) in [5.74, 6) is 0.839. The summed E-state index contributed by atoms with van der Waals surface area (Å²) >= 11 is 3.46. The summed E-state index contributed by atoms with van der Waals surface area (Å²) in [5, 5.41) is 0. The monoisotopic (exact) mass is 383 g/mol. The van der Waals surface area contributed by atoms with Crippen molar-refractivity contribution >= 4 is 27.5 Å². The highest BCUT2D eigenvalue weighted by molar-refractivity contribution is 9.11. The number of hydrogen-bond acceptors (Lipinski definition) is 2. The molecule has 122 valence electrons. The Balaban J connectivity index is 1.86. The first-order chi connectivity index (χ1) is 11.7. The molecule has 0 aromatic heterocycles. The Labute approximate surface area is 150 Å². The fraction of sp³-hybridized carbons (Fsp3) is 0.150. The molecule has 0 aliphatic heterocycles. The molecule has 1 amide bonds. The Bertz CT molecular complexity index is 779.